The van der Waals surface area contributed by atoms with Gasteiger partial charge in [-0.15, -0.1) is 11.3 Å². The summed E-state index contributed by atoms with van der Waals surface area (Å²) in [6.45, 7) is 9.25. The maximum absolute atomic E-state index is 12.5. The maximum Gasteiger partial charge on any atom is 0.251 e. The zero-order chi connectivity index (χ0) is 19.2. The quantitative estimate of drug-likeness (QED) is 0.788. The number of nitrogens with one attached hydrogen (secondary N) is 1. The molecule has 3 atom stereocenters. The number of morpholine rings is 1. The van der Waals surface area contributed by atoms with E-state index >= 15 is 0 Å². The Morgan fingerprint density at radius 1 is 1.30 bits per heavy atom. The van der Waals surface area contributed by atoms with Crippen LogP contribution in [0.2, 0.25) is 0 Å². The van der Waals surface area contributed by atoms with Crippen molar-refractivity contribution in [2.75, 3.05) is 19.6 Å². The summed E-state index contributed by atoms with van der Waals surface area (Å²) in [4.78, 5) is 16.1. The van der Waals surface area contributed by atoms with Crippen molar-refractivity contribution >= 4 is 17.2 Å². The number of carbonyl (C=O) groups excluding carboxylic acids is 1. The van der Waals surface area contributed by atoms with Crippen LogP contribution in [0.1, 0.15) is 36.0 Å². The fraction of sp³-hybridized carbons (Fsp3) is 0.476. The van der Waals surface area contributed by atoms with E-state index < -0.39 is 0 Å². The number of amides is 1. The molecule has 0 saturated carbocycles. The van der Waals surface area contributed by atoms with Gasteiger partial charge in [0.25, 0.3) is 5.91 Å². The smallest absolute Gasteiger partial charge is 0.251 e. The van der Waals surface area contributed by atoms with Gasteiger partial charge in [-0.25, -0.2) is 0 Å². The highest BCUT2D eigenvalue weighted by atomic mass is 32.1. The first-order valence-corrected chi connectivity index (χ1v) is 10.3. The van der Waals surface area contributed by atoms with E-state index in [1.54, 1.807) is 17.4 Å². The van der Waals surface area contributed by atoms with Crippen LogP contribution in [0, 0.1) is 0 Å². The molecule has 6 heteroatoms. The Balaban J connectivity index is 1.51. The molecule has 146 valence electrons. The molecule has 3 rings (SSSR count). The summed E-state index contributed by atoms with van der Waals surface area (Å²) in [5.41, 5.74) is 0.620. The number of thiophene rings is 1. The molecule has 1 aliphatic heterocycles. The van der Waals surface area contributed by atoms with Gasteiger partial charge in [0.05, 0.1) is 12.2 Å². The first-order valence-electron chi connectivity index (χ1n) is 9.44. The minimum Gasteiger partial charge on any atom is -0.488 e. The van der Waals surface area contributed by atoms with E-state index in [0.29, 0.717) is 24.5 Å². The molecule has 1 amide bonds. The van der Waals surface area contributed by atoms with Crippen LogP contribution in [0.4, 0.5) is 0 Å². The first-order chi connectivity index (χ1) is 13.0. The summed E-state index contributed by atoms with van der Waals surface area (Å²) in [5.74, 6) is 0.637. The molecule has 0 radical (unpaired) electrons. The number of hydrogen-bond donors (Lipinski definition) is 1. The van der Waals surface area contributed by atoms with Gasteiger partial charge in [-0.05, 0) is 50.4 Å². The molecule has 1 aromatic heterocycles. The number of rotatable bonds is 7. The van der Waals surface area contributed by atoms with E-state index in [1.165, 1.54) is 0 Å². The molecular formula is C21H28N2O3S. The third kappa shape index (κ3) is 5.79. The fourth-order valence-electron chi connectivity index (χ4n) is 3.33. The molecular weight excluding hydrogens is 360 g/mol. The SMILES string of the molecule is CC1CN(C(C)CNC(=O)c2cccc(OCc3cccs3)c2)CC(C)O1. The van der Waals surface area contributed by atoms with Crippen LogP contribution in [0.5, 0.6) is 5.75 Å². The Hall–Kier alpha value is -1.89. The summed E-state index contributed by atoms with van der Waals surface area (Å²) in [6, 6.07) is 11.7. The summed E-state index contributed by atoms with van der Waals surface area (Å²) in [7, 11) is 0. The van der Waals surface area contributed by atoms with E-state index in [-0.39, 0.29) is 24.2 Å². The molecule has 3 unspecified atom stereocenters. The highest BCUT2D eigenvalue weighted by molar-refractivity contribution is 7.09. The van der Waals surface area contributed by atoms with Crippen molar-refractivity contribution in [2.45, 2.75) is 45.6 Å². The van der Waals surface area contributed by atoms with Crippen molar-refractivity contribution in [1.29, 1.82) is 0 Å². The van der Waals surface area contributed by atoms with Crippen LogP contribution in [0.25, 0.3) is 0 Å². The summed E-state index contributed by atoms with van der Waals surface area (Å²) in [5, 5.41) is 5.08. The monoisotopic (exact) mass is 388 g/mol. The predicted octanol–water partition coefficient (Wildman–Crippen LogP) is 3.55. The second-order valence-electron chi connectivity index (χ2n) is 7.17. The lowest BCUT2D eigenvalue weighted by atomic mass is 10.1. The van der Waals surface area contributed by atoms with Crippen LogP contribution in [-0.4, -0.2) is 48.7 Å². The van der Waals surface area contributed by atoms with Gasteiger partial charge in [-0.2, -0.15) is 0 Å². The largest absolute Gasteiger partial charge is 0.488 e. The number of benzene rings is 1. The molecule has 27 heavy (non-hydrogen) atoms. The molecule has 2 heterocycles. The molecule has 0 spiro atoms. The minimum absolute atomic E-state index is 0.0715. The highest BCUT2D eigenvalue weighted by Gasteiger charge is 2.25. The van der Waals surface area contributed by atoms with Gasteiger partial charge in [-0.1, -0.05) is 12.1 Å². The zero-order valence-electron chi connectivity index (χ0n) is 16.2. The number of nitrogens with zero attached hydrogens (tertiary/aromatic N) is 1. The van der Waals surface area contributed by atoms with Gasteiger partial charge < -0.3 is 14.8 Å². The minimum atomic E-state index is -0.0715. The Morgan fingerprint density at radius 3 is 2.78 bits per heavy atom. The van der Waals surface area contributed by atoms with E-state index in [1.807, 2.05) is 35.7 Å². The average molecular weight is 389 g/mol. The van der Waals surface area contributed by atoms with Crippen molar-refractivity contribution in [3.05, 3.63) is 52.2 Å². The molecule has 1 aromatic carbocycles. The highest BCUT2D eigenvalue weighted by Crippen LogP contribution is 2.17. The first kappa shape index (κ1) is 19.9. The average Bonchev–Trinajstić information content (AvgIpc) is 3.17. The molecule has 5 nitrogen and oxygen atoms in total. The molecule has 1 N–H and O–H groups in total. The Bertz CT molecular complexity index is 725. The molecule has 1 fully saturated rings. The standard InChI is InChI=1S/C21H28N2O3S/c1-15(23-12-16(2)26-17(3)13-23)11-22-21(24)18-6-4-7-19(10-18)25-14-20-8-5-9-27-20/h4-10,15-17H,11-14H2,1-3H3,(H,22,24). The lowest BCUT2D eigenvalue weighted by molar-refractivity contribution is -0.0778. The molecule has 0 bridgehead atoms. The van der Waals surface area contributed by atoms with Gasteiger partial charge in [0.1, 0.15) is 12.4 Å². The third-order valence-electron chi connectivity index (χ3n) is 4.69. The molecule has 0 aliphatic carbocycles. The van der Waals surface area contributed by atoms with Crippen LogP contribution in [0.3, 0.4) is 0 Å². The number of carbonyl (C=O) groups is 1. The molecule has 1 saturated heterocycles. The van der Waals surface area contributed by atoms with E-state index in [0.717, 1.165) is 18.0 Å². The van der Waals surface area contributed by atoms with Gasteiger partial charge in [0.15, 0.2) is 0 Å². The lowest BCUT2D eigenvalue weighted by Crippen LogP contribution is -2.52. The van der Waals surface area contributed by atoms with Gasteiger partial charge in [-0.3, -0.25) is 9.69 Å². The van der Waals surface area contributed by atoms with Crippen molar-refractivity contribution < 1.29 is 14.3 Å². The third-order valence-corrected chi connectivity index (χ3v) is 5.54. The Morgan fingerprint density at radius 2 is 2.07 bits per heavy atom. The maximum atomic E-state index is 12.5. The molecule has 1 aliphatic rings. The van der Waals surface area contributed by atoms with Crippen LogP contribution < -0.4 is 10.1 Å². The Labute approximate surface area is 165 Å². The number of hydrogen-bond acceptors (Lipinski definition) is 5. The van der Waals surface area contributed by atoms with Gasteiger partial charge in [0.2, 0.25) is 0 Å². The predicted molar refractivity (Wildman–Crippen MR) is 108 cm³/mol. The second kappa shape index (κ2) is 9.35. The van der Waals surface area contributed by atoms with E-state index in [4.69, 9.17) is 9.47 Å². The topological polar surface area (TPSA) is 50.8 Å². The van der Waals surface area contributed by atoms with Crippen molar-refractivity contribution in [3.8, 4) is 5.75 Å². The second-order valence-corrected chi connectivity index (χ2v) is 8.20. The fourth-order valence-corrected chi connectivity index (χ4v) is 3.94. The van der Waals surface area contributed by atoms with E-state index in [9.17, 15) is 4.79 Å². The van der Waals surface area contributed by atoms with Crippen molar-refractivity contribution in [3.63, 3.8) is 0 Å². The normalized spacial score (nSPS) is 21.6. The lowest BCUT2D eigenvalue weighted by Gasteiger charge is -2.39. The summed E-state index contributed by atoms with van der Waals surface area (Å²) >= 11 is 1.66. The summed E-state index contributed by atoms with van der Waals surface area (Å²) in [6.07, 6.45) is 0.452. The van der Waals surface area contributed by atoms with Crippen LogP contribution >= 0.6 is 11.3 Å². The van der Waals surface area contributed by atoms with Crippen LogP contribution in [0.15, 0.2) is 41.8 Å². The van der Waals surface area contributed by atoms with Crippen molar-refractivity contribution in [2.24, 2.45) is 0 Å². The van der Waals surface area contributed by atoms with Crippen LogP contribution in [-0.2, 0) is 11.3 Å². The summed E-state index contributed by atoms with van der Waals surface area (Å²) < 4.78 is 11.6. The number of ether oxygens (including phenoxy) is 2. The van der Waals surface area contributed by atoms with Gasteiger partial charge >= 0.3 is 0 Å². The zero-order valence-corrected chi connectivity index (χ0v) is 17.0. The van der Waals surface area contributed by atoms with E-state index in [2.05, 4.69) is 31.0 Å². The van der Waals surface area contributed by atoms with Crippen molar-refractivity contribution in [1.82, 2.24) is 10.2 Å². The Kier molecular flexibility index (Phi) is 6.88. The van der Waals surface area contributed by atoms with Gasteiger partial charge in [0, 0.05) is 36.1 Å². The molecule has 2 aromatic rings.